The average molecular weight is 257 g/mol. The number of nitrogens with two attached hydrogens (primary N) is 1. The second-order valence-corrected chi connectivity index (χ2v) is 5.05. The molecule has 2 heteroatoms. The Morgan fingerprint density at radius 2 is 1.89 bits per heavy atom. The first-order valence-electron chi connectivity index (χ1n) is 7.14. The van der Waals surface area contributed by atoms with Crippen LogP contribution in [0, 0.1) is 0 Å². The van der Waals surface area contributed by atoms with Gasteiger partial charge < -0.3 is 10.5 Å². The van der Waals surface area contributed by atoms with E-state index in [0.717, 1.165) is 29.7 Å². The molecule has 0 aliphatic heterocycles. The molecule has 0 unspecified atom stereocenters. The smallest absolute Gasteiger partial charge is 0.131 e. The summed E-state index contributed by atoms with van der Waals surface area (Å²) >= 11 is 0. The predicted molar refractivity (Wildman–Crippen MR) is 81.6 cm³/mol. The molecule has 0 saturated carbocycles. The minimum Gasteiger partial charge on any atom is -0.493 e. The zero-order valence-electron chi connectivity index (χ0n) is 11.9. The van der Waals surface area contributed by atoms with E-state index in [2.05, 4.69) is 37.3 Å². The summed E-state index contributed by atoms with van der Waals surface area (Å²) in [5.41, 5.74) is 7.15. The largest absolute Gasteiger partial charge is 0.493 e. The summed E-state index contributed by atoms with van der Waals surface area (Å²) in [7, 11) is 0. The van der Waals surface area contributed by atoms with Crippen molar-refractivity contribution < 1.29 is 4.74 Å². The van der Waals surface area contributed by atoms with Crippen molar-refractivity contribution in [3.63, 3.8) is 0 Å². The maximum atomic E-state index is 6.06. The zero-order valence-corrected chi connectivity index (χ0v) is 11.9. The van der Waals surface area contributed by atoms with Crippen LogP contribution in [-0.2, 0) is 0 Å². The third-order valence-corrected chi connectivity index (χ3v) is 3.39. The van der Waals surface area contributed by atoms with Gasteiger partial charge in [0.05, 0.1) is 6.61 Å². The molecule has 0 aromatic heterocycles. The summed E-state index contributed by atoms with van der Waals surface area (Å²) in [5.74, 6) is 0.962. The van der Waals surface area contributed by atoms with Crippen molar-refractivity contribution in [2.75, 3.05) is 6.61 Å². The lowest BCUT2D eigenvalue weighted by Crippen LogP contribution is -2.09. The lowest BCUT2D eigenvalue weighted by atomic mass is 10.0. The van der Waals surface area contributed by atoms with Crippen molar-refractivity contribution in [1.29, 1.82) is 0 Å². The highest BCUT2D eigenvalue weighted by molar-refractivity contribution is 5.89. The summed E-state index contributed by atoms with van der Waals surface area (Å²) in [5, 5.41) is 2.37. The van der Waals surface area contributed by atoms with Crippen molar-refractivity contribution >= 4 is 10.8 Å². The van der Waals surface area contributed by atoms with Crippen molar-refractivity contribution in [1.82, 2.24) is 0 Å². The molecule has 2 nitrogen and oxygen atoms in total. The van der Waals surface area contributed by atoms with Gasteiger partial charge in [-0.1, -0.05) is 56.2 Å². The fraction of sp³-hybridized carbons (Fsp3) is 0.412. The topological polar surface area (TPSA) is 35.2 Å². The summed E-state index contributed by atoms with van der Waals surface area (Å²) < 4.78 is 6.03. The van der Waals surface area contributed by atoms with Crippen molar-refractivity contribution in [2.45, 2.75) is 39.2 Å². The van der Waals surface area contributed by atoms with Crippen molar-refractivity contribution in [3.05, 3.63) is 42.0 Å². The van der Waals surface area contributed by atoms with Gasteiger partial charge in [-0.25, -0.2) is 0 Å². The van der Waals surface area contributed by atoms with Crippen LogP contribution in [0.3, 0.4) is 0 Å². The van der Waals surface area contributed by atoms with E-state index < -0.39 is 0 Å². The quantitative estimate of drug-likeness (QED) is 0.777. The van der Waals surface area contributed by atoms with Crippen LogP contribution >= 0.6 is 0 Å². The molecule has 1 atom stereocenters. The SMILES string of the molecule is CCCCCOc1c([C@H](C)N)ccc2ccccc12. The lowest BCUT2D eigenvalue weighted by Gasteiger charge is -2.16. The van der Waals surface area contributed by atoms with Crippen molar-refractivity contribution in [3.8, 4) is 5.75 Å². The Kier molecular flexibility index (Phi) is 4.80. The molecule has 0 aliphatic rings. The predicted octanol–water partition coefficient (Wildman–Crippen LogP) is 4.43. The van der Waals surface area contributed by atoms with Crippen LogP contribution < -0.4 is 10.5 Å². The van der Waals surface area contributed by atoms with Gasteiger partial charge >= 0.3 is 0 Å². The van der Waals surface area contributed by atoms with Gasteiger partial charge in [0, 0.05) is 17.0 Å². The minimum absolute atomic E-state index is 0.00854. The van der Waals surface area contributed by atoms with Gasteiger partial charge in [-0.3, -0.25) is 0 Å². The van der Waals surface area contributed by atoms with Gasteiger partial charge in [0.1, 0.15) is 5.75 Å². The van der Waals surface area contributed by atoms with Gasteiger partial charge in [-0.05, 0) is 18.7 Å². The van der Waals surface area contributed by atoms with Crippen LogP contribution in [0.25, 0.3) is 10.8 Å². The number of unbranched alkanes of at least 4 members (excludes halogenated alkanes) is 2. The monoisotopic (exact) mass is 257 g/mol. The molecule has 0 saturated heterocycles. The van der Waals surface area contributed by atoms with Crippen LogP contribution in [0.15, 0.2) is 36.4 Å². The fourth-order valence-corrected chi connectivity index (χ4v) is 2.31. The molecule has 2 aromatic carbocycles. The summed E-state index contributed by atoms with van der Waals surface area (Å²) in [6, 6.07) is 12.5. The summed E-state index contributed by atoms with van der Waals surface area (Å²) in [6.07, 6.45) is 3.51. The molecule has 0 heterocycles. The molecule has 2 aromatic rings. The van der Waals surface area contributed by atoms with Crippen LogP contribution in [0.4, 0.5) is 0 Å². The molecule has 2 rings (SSSR count). The number of fused-ring (bicyclic) bond motifs is 1. The van der Waals surface area contributed by atoms with E-state index in [9.17, 15) is 0 Å². The highest BCUT2D eigenvalue weighted by atomic mass is 16.5. The van der Waals surface area contributed by atoms with Crippen molar-refractivity contribution in [2.24, 2.45) is 5.73 Å². The number of rotatable bonds is 6. The Morgan fingerprint density at radius 1 is 1.11 bits per heavy atom. The van der Waals surface area contributed by atoms with Gasteiger partial charge in [-0.2, -0.15) is 0 Å². The lowest BCUT2D eigenvalue weighted by molar-refractivity contribution is 0.305. The Labute approximate surface area is 115 Å². The van der Waals surface area contributed by atoms with Crippen LogP contribution in [0.5, 0.6) is 5.75 Å². The third kappa shape index (κ3) is 3.27. The second kappa shape index (κ2) is 6.58. The first-order valence-corrected chi connectivity index (χ1v) is 7.14. The van der Waals surface area contributed by atoms with E-state index in [0.29, 0.717) is 0 Å². The van der Waals surface area contributed by atoms with Crippen LogP contribution in [-0.4, -0.2) is 6.61 Å². The van der Waals surface area contributed by atoms with Gasteiger partial charge in [-0.15, -0.1) is 0 Å². The van der Waals surface area contributed by atoms with Crippen LogP contribution in [0.2, 0.25) is 0 Å². The van der Waals surface area contributed by atoms with E-state index >= 15 is 0 Å². The van der Waals surface area contributed by atoms with Gasteiger partial charge in [0.2, 0.25) is 0 Å². The molecule has 0 spiro atoms. The molecule has 0 amide bonds. The Morgan fingerprint density at radius 3 is 2.63 bits per heavy atom. The maximum absolute atomic E-state index is 6.06. The van der Waals surface area contributed by atoms with Gasteiger partial charge in [0.15, 0.2) is 0 Å². The van der Waals surface area contributed by atoms with E-state index in [1.165, 1.54) is 18.2 Å². The average Bonchev–Trinajstić information content (AvgIpc) is 2.43. The Hall–Kier alpha value is -1.54. The standard InChI is InChI=1S/C17H23NO/c1-3-4-7-12-19-17-15(13(2)18)11-10-14-8-5-6-9-16(14)17/h5-6,8-11,13H,3-4,7,12,18H2,1-2H3/t13-/m0/s1. The molecular weight excluding hydrogens is 234 g/mol. The third-order valence-electron chi connectivity index (χ3n) is 3.39. The highest BCUT2D eigenvalue weighted by Crippen LogP contribution is 2.33. The normalized spacial score (nSPS) is 12.6. The second-order valence-electron chi connectivity index (χ2n) is 5.05. The number of ether oxygens (including phenoxy) is 1. The minimum atomic E-state index is -0.00854. The van der Waals surface area contributed by atoms with Crippen LogP contribution in [0.1, 0.15) is 44.7 Å². The molecule has 0 bridgehead atoms. The fourth-order valence-electron chi connectivity index (χ4n) is 2.31. The Bertz CT molecular complexity index is 534. The highest BCUT2D eigenvalue weighted by Gasteiger charge is 2.11. The number of hydrogen-bond donors (Lipinski definition) is 1. The summed E-state index contributed by atoms with van der Waals surface area (Å²) in [4.78, 5) is 0. The molecule has 2 N–H and O–H groups in total. The number of hydrogen-bond acceptors (Lipinski definition) is 2. The molecule has 0 aliphatic carbocycles. The first-order chi connectivity index (χ1) is 9.24. The van der Waals surface area contributed by atoms with E-state index in [-0.39, 0.29) is 6.04 Å². The van der Waals surface area contributed by atoms with E-state index in [4.69, 9.17) is 10.5 Å². The first kappa shape index (κ1) is 13.9. The molecular formula is C17H23NO. The Balaban J connectivity index is 2.33. The maximum Gasteiger partial charge on any atom is 0.131 e. The summed E-state index contributed by atoms with van der Waals surface area (Å²) in [6.45, 7) is 4.97. The van der Waals surface area contributed by atoms with E-state index in [1.807, 2.05) is 13.0 Å². The molecule has 0 fully saturated rings. The van der Waals surface area contributed by atoms with Gasteiger partial charge in [0.25, 0.3) is 0 Å². The zero-order chi connectivity index (χ0) is 13.7. The molecule has 19 heavy (non-hydrogen) atoms. The molecule has 0 radical (unpaired) electrons. The number of benzene rings is 2. The molecule has 102 valence electrons. The van der Waals surface area contributed by atoms with E-state index in [1.54, 1.807) is 0 Å².